The summed E-state index contributed by atoms with van der Waals surface area (Å²) in [6, 6.07) is 66.9. The summed E-state index contributed by atoms with van der Waals surface area (Å²) in [6.07, 6.45) is 0. The van der Waals surface area contributed by atoms with E-state index in [1.807, 2.05) is 36.4 Å². The van der Waals surface area contributed by atoms with Crippen molar-refractivity contribution in [3.8, 4) is 34.2 Å². The van der Waals surface area contributed by atoms with E-state index in [0.717, 1.165) is 99.2 Å². The number of furan rings is 2. The second kappa shape index (κ2) is 13.3. The first-order valence-electron chi connectivity index (χ1n) is 19.7. The molecule has 0 saturated carbocycles. The molecule has 59 heavy (non-hydrogen) atoms. The van der Waals surface area contributed by atoms with Gasteiger partial charge in [0.15, 0.2) is 17.5 Å². The van der Waals surface area contributed by atoms with Gasteiger partial charge in [0.1, 0.15) is 22.3 Å². The normalized spacial score (nSPS) is 11.7. The molecule has 0 amide bonds. The quantitative estimate of drug-likeness (QED) is 0.168. The van der Waals surface area contributed by atoms with Crippen molar-refractivity contribution in [3.63, 3.8) is 0 Å². The van der Waals surface area contributed by atoms with E-state index in [-0.39, 0.29) is 0 Å². The van der Waals surface area contributed by atoms with Crippen LogP contribution in [-0.2, 0) is 0 Å². The van der Waals surface area contributed by atoms with Gasteiger partial charge in [0.05, 0.1) is 0 Å². The first-order chi connectivity index (χ1) is 29.2. The van der Waals surface area contributed by atoms with Gasteiger partial charge in [0.2, 0.25) is 0 Å². The second-order valence-electron chi connectivity index (χ2n) is 14.8. The molecule has 0 radical (unpaired) electrons. The average molecular weight is 757 g/mol. The van der Waals surface area contributed by atoms with Crippen molar-refractivity contribution in [1.29, 1.82) is 0 Å². The fraction of sp³-hybridized carbons (Fsp3) is 0. The highest BCUT2D eigenvalue weighted by atomic mass is 16.3. The number of anilines is 3. The lowest BCUT2D eigenvalue weighted by Crippen LogP contribution is -2.09. The van der Waals surface area contributed by atoms with Gasteiger partial charge in [-0.05, 0) is 88.3 Å². The molecule has 276 valence electrons. The third kappa shape index (κ3) is 5.61. The number of hydrogen-bond acceptors (Lipinski definition) is 6. The Bertz CT molecular complexity index is 3490. The van der Waals surface area contributed by atoms with Crippen LogP contribution < -0.4 is 4.90 Å². The third-order valence-electron chi connectivity index (χ3n) is 11.3. The van der Waals surface area contributed by atoms with Gasteiger partial charge in [-0.2, -0.15) is 0 Å². The van der Waals surface area contributed by atoms with Gasteiger partial charge in [-0.3, -0.25) is 0 Å². The molecule has 3 heterocycles. The van der Waals surface area contributed by atoms with Crippen molar-refractivity contribution in [3.05, 3.63) is 194 Å². The Balaban J connectivity index is 1.06. The van der Waals surface area contributed by atoms with Crippen molar-refractivity contribution in [2.45, 2.75) is 0 Å². The first kappa shape index (κ1) is 33.1. The van der Waals surface area contributed by atoms with Crippen molar-refractivity contribution in [2.75, 3.05) is 4.90 Å². The van der Waals surface area contributed by atoms with Crippen molar-refractivity contribution >= 4 is 82.5 Å². The summed E-state index contributed by atoms with van der Waals surface area (Å²) in [4.78, 5) is 17.8. The van der Waals surface area contributed by atoms with E-state index < -0.39 is 0 Å². The van der Waals surface area contributed by atoms with Crippen molar-refractivity contribution < 1.29 is 8.83 Å². The molecule has 0 spiro atoms. The fourth-order valence-corrected chi connectivity index (χ4v) is 8.43. The standard InChI is InChI=1S/C53H32N4O2/c1-2-15-39(16-3-1)57(41-25-27-43-42-17-8-9-19-46(42)59-49(43)32-41)40-26-28-47-45(31-40)50-44(18-10-20-48(50)58-47)53-55-51(37-23-21-33-11-4-6-13-35(33)29-37)54-52(56-53)38-24-22-34-12-5-7-14-36(34)30-38/h1-32H. The Morgan fingerprint density at radius 1 is 0.322 bits per heavy atom. The van der Waals surface area contributed by atoms with Gasteiger partial charge in [-0.25, -0.2) is 15.0 Å². The van der Waals surface area contributed by atoms with Crippen LogP contribution in [0.4, 0.5) is 17.1 Å². The lowest BCUT2D eigenvalue weighted by molar-refractivity contribution is 0.668. The minimum Gasteiger partial charge on any atom is -0.456 e. The van der Waals surface area contributed by atoms with Crippen LogP contribution in [0.5, 0.6) is 0 Å². The zero-order valence-corrected chi connectivity index (χ0v) is 31.6. The minimum absolute atomic E-state index is 0.570. The molecular formula is C53H32N4O2. The number of hydrogen-bond donors (Lipinski definition) is 0. The largest absolute Gasteiger partial charge is 0.456 e. The molecule has 6 nitrogen and oxygen atoms in total. The summed E-state index contributed by atoms with van der Waals surface area (Å²) in [5.74, 6) is 1.77. The summed E-state index contributed by atoms with van der Waals surface area (Å²) in [5, 5.41) is 8.64. The van der Waals surface area contributed by atoms with Gasteiger partial charge in [0.25, 0.3) is 0 Å². The fourth-order valence-electron chi connectivity index (χ4n) is 8.43. The van der Waals surface area contributed by atoms with Crippen LogP contribution in [0, 0.1) is 0 Å². The lowest BCUT2D eigenvalue weighted by Gasteiger charge is -2.25. The predicted octanol–water partition coefficient (Wildman–Crippen LogP) is 14.4. The molecule has 0 N–H and O–H groups in total. The molecule has 0 atom stereocenters. The van der Waals surface area contributed by atoms with Crippen LogP contribution in [0.2, 0.25) is 0 Å². The molecule has 12 rings (SSSR count). The smallest absolute Gasteiger partial charge is 0.164 e. The maximum absolute atomic E-state index is 6.57. The molecule has 0 fully saturated rings. The van der Waals surface area contributed by atoms with E-state index in [4.69, 9.17) is 23.8 Å². The SMILES string of the molecule is c1ccc(N(c2ccc3c(c2)oc2ccccc23)c2ccc3oc4cccc(-c5nc(-c6ccc7ccccc7c6)nc(-c6ccc7ccccc7c6)n5)c4c3c2)cc1. The molecule has 0 unspecified atom stereocenters. The van der Waals surface area contributed by atoms with Crippen LogP contribution >= 0.6 is 0 Å². The topological polar surface area (TPSA) is 68.2 Å². The molecule has 6 heteroatoms. The van der Waals surface area contributed by atoms with E-state index in [1.165, 1.54) is 0 Å². The number of fused-ring (bicyclic) bond motifs is 8. The maximum Gasteiger partial charge on any atom is 0.164 e. The molecule has 3 aromatic heterocycles. The predicted molar refractivity (Wildman–Crippen MR) is 240 cm³/mol. The minimum atomic E-state index is 0.570. The van der Waals surface area contributed by atoms with Crippen LogP contribution in [0.1, 0.15) is 0 Å². The second-order valence-corrected chi connectivity index (χ2v) is 14.8. The third-order valence-corrected chi connectivity index (χ3v) is 11.3. The maximum atomic E-state index is 6.57. The van der Waals surface area contributed by atoms with Crippen LogP contribution in [0.15, 0.2) is 203 Å². The molecule has 0 bridgehead atoms. The number of benzene rings is 9. The van der Waals surface area contributed by atoms with Crippen LogP contribution in [0.3, 0.4) is 0 Å². The first-order valence-corrected chi connectivity index (χ1v) is 19.7. The summed E-state index contributed by atoms with van der Waals surface area (Å²) in [6.45, 7) is 0. The molecule has 0 aliphatic carbocycles. The van der Waals surface area contributed by atoms with Crippen LogP contribution in [0.25, 0.3) is 99.6 Å². The van der Waals surface area contributed by atoms with Crippen molar-refractivity contribution in [1.82, 2.24) is 15.0 Å². The van der Waals surface area contributed by atoms with Gasteiger partial charge in [-0.1, -0.05) is 121 Å². The molecule has 0 aliphatic heterocycles. The molecule has 12 aromatic rings. The van der Waals surface area contributed by atoms with E-state index in [9.17, 15) is 0 Å². The van der Waals surface area contributed by atoms with E-state index in [2.05, 4.69) is 163 Å². The zero-order valence-electron chi connectivity index (χ0n) is 31.6. The number of para-hydroxylation sites is 2. The Morgan fingerprint density at radius 2 is 0.881 bits per heavy atom. The Morgan fingerprint density at radius 3 is 1.63 bits per heavy atom. The zero-order chi connectivity index (χ0) is 38.9. The Hall–Kier alpha value is -8.09. The molecular weight excluding hydrogens is 725 g/mol. The van der Waals surface area contributed by atoms with Crippen molar-refractivity contribution in [2.24, 2.45) is 0 Å². The van der Waals surface area contributed by atoms with Gasteiger partial charge >= 0.3 is 0 Å². The van der Waals surface area contributed by atoms with E-state index >= 15 is 0 Å². The Kier molecular flexibility index (Phi) is 7.43. The number of aromatic nitrogens is 3. The summed E-state index contributed by atoms with van der Waals surface area (Å²) < 4.78 is 12.9. The lowest BCUT2D eigenvalue weighted by atomic mass is 10.0. The monoisotopic (exact) mass is 756 g/mol. The summed E-state index contributed by atoms with van der Waals surface area (Å²) >= 11 is 0. The molecule has 9 aromatic carbocycles. The highest BCUT2D eigenvalue weighted by Crippen LogP contribution is 2.43. The van der Waals surface area contributed by atoms with Gasteiger partial charge in [-0.15, -0.1) is 0 Å². The number of rotatable bonds is 6. The summed E-state index contributed by atoms with van der Waals surface area (Å²) in [5.41, 5.74) is 8.90. The van der Waals surface area contributed by atoms with Gasteiger partial charge in [0, 0.05) is 61.4 Å². The van der Waals surface area contributed by atoms with Crippen LogP contribution in [-0.4, -0.2) is 15.0 Å². The highest BCUT2D eigenvalue weighted by Gasteiger charge is 2.21. The van der Waals surface area contributed by atoms with Gasteiger partial charge < -0.3 is 13.7 Å². The molecule has 0 aliphatic rings. The van der Waals surface area contributed by atoms with E-state index in [1.54, 1.807) is 0 Å². The number of nitrogens with zero attached hydrogens (tertiary/aromatic N) is 4. The van der Waals surface area contributed by atoms with E-state index in [0.29, 0.717) is 17.5 Å². The summed E-state index contributed by atoms with van der Waals surface area (Å²) in [7, 11) is 0. The highest BCUT2D eigenvalue weighted by molar-refractivity contribution is 6.13. The average Bonchev–Trinajstić information content (AvgIpc) is 3.87. The molecule has 0 saturated heterocycles. The Labute approximate surface area is 338 Å².